The minimum absolute atomic E-state index is 0.889. The molecule has 2 aromatic heterocycles. The van der Waals surface area contributed by atoms with Crippen molar-refractivity contribution in [1.29, 1.82) is 0 Å². The largest absolute Gasteiger partial charge is 0.353 e. The summed E-state index contributed by atoms with van der Waals surface area (Å²) in [7, 11) is 3.90. The van der Waals surface area contributed by atoms with E-state index in [0.29, 0.717) is 0 Å². The minimum atomic E-state index is 0.889. The van der Waals surface area contributed by atoms with Crippen LogP contribution in [0.4, 0.5) is 5.13 Å². The van der Waals surface area contributed by atoms with Gasteiger partial charge in [-0.2, -0.15) is 0 Å². The lowest BCUT2D eigenvalue weighted by atomic mass is 10.7. The van der Waals surface area contributed by atoms with Crippen molar-refractivity contribution in [1.82, 2.24) is 20.2 Å². The Morgan fingerprint density at radius 1 is 1.38 bits per heavy atom. The van der Waals surface area contributed by atoms with Crippen LogP contribution in [0.15, 0.2) is 21.9 Å². The third-order valence-corrected chi connectivity index (χ3v) is 4.91. The second-order valence-electron chi connectivity index (χ2n) is 3.02. The van der Waals surface area contributed by atoms with Gasteiger partial charge in [0.1, 0.15) is 11.4 Å². The Morgan fingerprint density at radius 2 is 2.19 bits per heavy atom. The molecule has 0 bridgehead atoms. The van der Waals surface area contributed by atoms with E-state index in [1.54, 1.807) is 23.9 Å². The Morgan fingerprint density at radius 3 is 2.81 bits per heavy atom. The summed E-state index contributed by atoms with van der Waals surface area (Å²) < 4.78 is 1.91. The molecule has 2 rings (SSSR count). The fraction of sp³-hybridized carbons (Fsp3) is 0.250. The summed E-state index contributed by atoms with van der Waals surface area (Å²) in [4.78, 5) is 10.1. The summed E-state index contributed by atoms with van der Waals surface area (Å²) in [6.07, 6.45) is 3.32. The van der Waals surface area contributed by atoms with Crippen LogP contribution in [-0.4, -0.2) is 34.3 Å². The van der Waals surface area contributed by atoms with Crippen molar-refractivity contribution in [3.05, 3.63) is 16.1 Å². The van der Waals surface area contributed by atoms with E-state index in [0.717, 1.165) is 18.1 Å². The van der Waals surface area contributed by atoms with E-state index in [1.807, 2.05) is 19.0 Å². The molecule has 0 aliphatic carbocycles. The zero-order chi connectivity index (χ0) is 11.5. The predicted molar refractivity (Wildman–Crippen MR) is 73.1 cm³/mol. The number of halogens is 1. The van der Waals surface area contributed by atoms with E-state index in [1.165, 1.54) is 11.8 Å². The molecular weight excluding hydrogens is 357 g/mol. The molecule has 0 saturated heterocycles. The fourth-order valence-corrected chi connectivity index (χ4v) is 3.14. The van der Waals surface area contributed by atoms with Gasteiger partial charge in [-0.05, 0) is 34.4 Å². The first-order chi connectivity index (χ1) is 7.66. The lowest BCUT2D eigenvalue weighted by Gasteiger charge is -2.03. The third kappa shape index (κ3) is 2.80. The Balaban J connectivity index is 2.18. The average Bonchev–Trinajstić information content (AvgIpc) is 2.70. The van der Waals surface area contributed by atoms with Gasteiger partial charge in [0.15, 0.2) is 4.34 Å². The van der Waals surface area contributed by atoms with Crippen LogP contribution in [0.5, 0.6) is 0 Å². The molecule has 8 heteroatoms. The van der Waals surface area contributed by atoms with Gasteiger partial charge in [0, 0.05) is 20.3 Å². The molecule has 0 aliphatic rings. The SMILES string of the molecule is CN(C)c1nnc(Sc2ncncc2I)s1. The van der Waals surface area contributed by atoms with Crippen molar-refractivity contribution in [3.8, 4) is 0 Å². The van der Waals surface area contributed by atoms with Gasteiger partial charge >= 0.3 is 0 Å². The van der Waals surface area contributed by atoms with E-state index in [9.17, 15) is 0 Å². The number of aromatic nitrogens is 4. The van der Waals surface area contributed by atoms with E-state index < -0.39 is 0 Å². The second kappa shape index (κ2) is 5.23. The van der Waals surface area contributed by atoms with E-state index in [-0.39, 0.29) is 0 Å². The molecule has 2 heterocycles. The molecule has 0 spiro atoms. The zero-order valence-electron chi connectivity index (χ0n) is 8.59. The molecule has 5 nitrogen and oxygen atoms in total. The monoisotopic (exact) mass is 365 g/mol. The summed E-state index contributed by atoms with van der Waals surface area (Å²) in [6, 6.07) is 0. The summed E-state index contributed by atoms with van der Waals surface area (Å²) in [5, 5.41) is 9.98. The van der Waals surface area contributed by atoms with Crippen molar-refractivity contribution in [2.75, 3.05) is 19.0 Å². The first kappa shape index (κ1) is 12.0. The van der Waals surface area contributed by atoms with Crippen molar-refractivity contribution < 1.29 is 0 Å². The van der Waals surface area contributed by atoms with Crippen LogP contribution in [-0.2, 0) is 0 Å². The molecule has 0 radical (unpaired) electrons. The standard InChI is InChI=1S/C8H8IN5S2/c1-14(2)7-12-13-8(16-7)15-6-5(9)3-10-4-11-6/h3-4H,1-2H3. The Labute approximate surface area is 115 Å². The molecule has 0 saturated carbocycles. The van der Waals surface area contributed by atoms with Crippen molar-refractivity contribution in [3.63, 3.8) is 0 Å². The summed E-state index contributed by atoms with van der Waals surface area (Å²) in [5.41, 5.74) is 0. The molecule has 84 valence electrons. The topological polar surface area (TPSA) is 54.8 Å². The number of rotatable bonds is 3. The van der Waals surface area contributed by atoms with Crippen LogP contribution in [0, 0.1) is 3.57 Å². The van der Waals surface area contributed by atoms with Crippen molar-refractivity contribution >= 4 is 50.8 Å². The maximum absolute atomic E-state index is 4.20. The molecule has 0 amide bonds. The molecule has 0 aliphatic heterocycles. The Hall–Kier alpha value is -0.480. The maximum atomic E-state index is 4.20. The van der Waals surface area contributed by atoms with Gasteiger partial charge < -0.3 is 4.90 Å². The van der Waals surface area contributed by atoms with Gasteiger partial charge in [-0.1, -0.05) is 11.3 Å². The average molecular weight is 365 g/mol. The van der Waals surface area contributed by atoms with Crippen LogP contribution in [0.25, 0.3) is 0 Å². The molecule has 0 aromatic carbocycles. The first-order valence-corrected chi connectivity index (χ1v) is 7.02. The van der Waals surface area contributed by atoms with Crippen molar-refractivity contribution in [2.45, 2.75) is 9.37 Å². The Bertz CT molecular complexity index is 487. The maximum Gasteiger partial charge on any atom is 0.208 e. The quantitative estimate of drug-likeness (QED) is 0.614. The lowest BCUT2D eigenvalue weighted by molar-refractivity contribution is 0.966. The van der Waals surface area contributed by atoms with Crippen LogP contribution < -0.4 is 4.90 Å². The van der Waals surface area contributed by atoms with Gasteiger partial charge in [-0.25, -0.2) is 9.97 Å². The summed E-state index contributed by atoms with van der Waals surface area (Å²) in [6.45, 7) is 0. The molecule has 0 unspecified atom stereocenters. The highest BCUT2D eigenvalue weighted by Crippen LogP contribution is 2.33. The lowest BCUT2D eigenvalue weighted by Crippen LogP contribution is -2.07. The van der Waals surface area contributed by atoms with Crippen LogP contribution >= 0.6 is 45.7 Å². The van der Waals surface area contributed by atoms with Gasteiger partial charge in [0.2, 0.25) is 5.13 Å². The van der Waals surface area contributed by atoms with Gasteiger partial charge in [-0.15, -0.1) is 10.2 Å². The highest BCUT2D eigenvalue weighted by molar-refractivity contribution is 14.1. The van der Waals surface area contributed by atoms with Crippen molar-refractivity contribution in [2.24, 2.45) is 0 Å². The fourth-order valence-electron chi connectivity index (χ4n) is 0.884. The number of nitrogens with zero attached hydrogens (tertiary/aromatic N) is 5. The highest BCUT2D eigenvalue weighted by Gasteiger charge is 2.10. The summed E-state index contributed by atoms with van der Waals surface area (Å²) in [5.74, 6) is 0. The van der Waals surface area contributed by atoms with Gasteiger partial charge in [-0.3, -0.25) is 0 Å². The minimum Gasteiger partial charge on any atom is -0.353 e. The van der Waals surface area contributed by atoms with Gasteiger partial charge in [0.25, 0.3) is 0 Å². The Kier molecular flexibility index (Phi) is 3.92. The molecule has 2 aromatic rings. The van der Waals surface area contributed by atoms with Gasteiger partial charge in [0.05, 0.1) is 3.57 Å². The van der Waals surface area contributed by atoms with Crippen LogP contribution in [0.2, 0.25) is 0 Å². The molecular formula is C8H8IN5S2. The molecule has 16 heavy (non-hydrogen) atoms. The third-order valence-electron chi connectivity index (χ3n) is 1.60. The smallest absolute Gasteiger partial charge is 0.208 e. The van der Waals surface area contributed by atoms with Crippen LogP contribution in [0.1, 0.15) is 0 Å². The number of hydrogen-bond acceptors (Lipinski definition) is 7. The predicted octanol–water partition coefficient (Wildman–Crippen LogP) is 2.15. The zero-order valence-corrected chi connectivity index (χ0v) is 12.4. The van der Waals surface area contributed by atoms with E-state index in [4.69, 9.17) is 0 Å². The molecule has 0 atom stereocenters. The van der Waals surface area contributed by atoms with Crippen LogP contribution in [0.3, 0.4) is 0 Å². The first-order valence-electron chi connectivity index (χ1n) is 4.31. The second-order valence-corrected chi connectivity index (χ2v) is 6.38. The number of hydrogen-bond donors (Lipinski definition) is 0. The van der Waals surface area contributed by atoms with E-state index >= 15 is 0 Å². The molecule has 0 fully saturated rings. The summed E-state index contributed by atoms with van der Waals surface area (Å²) >= 11 is 5.27. The van der Waals surface area contributed by atoms with E-state index in [2.05, 4.69) is 42.8 Å². The normalized spacial score (nSPS) is 10.4. The highest BCUT2D eigenvalue weighted by atomic mass is 127. The molecule has 0 N–H and O–H groups in total. The number of anilines is 1.